The molecule has 1 aliphatic heterocycles. The Morgan fingerprint density at radius 2 is 2.39 bits per heavy atom. The van der Waals surface area contributed by atoms with Crippen molar-refractivity contribution >= 4 is 17.2 Å². The first-order chi connectivity index (χ1) is 8.65. The lowest BCUT2D eigenvalue weighted by molar-refractivity contribution is 0.0141. The van der Waals surface area contributed by atoms with Gasteiger partial charge in [0, 0.05) is 31.1 Å². The molecule has 0 aromatic carbocycles. The van der Waals surface area contributed by atoms with Crippen molar-refractivity contribution in [3.05, 3.63) is 21.9 Å². The van der Waals surface area contributed by atoms with E-state index in [9.17, 15) is 4.79 Å². The first-order valence-corrected chi connectivity index (χ1v) is 7.07. The predicted octanol–water partition coefficient (Wildman–Crippen LogP) is 1.63. The zero-order chi connectivity index (χ0) is 13.1. The number of ether oxygens (including phenoxy) is 1. The Morgan fingerprint density at radius 1 is 1.61 bits per heavy atom. The number of carbonyl (C=O) groups excluding carboxylic acids is 1. The summed E-state index contributed by atoms with van der Waals surface area (Å²) in [7, 11) is 1.72. The van der Waals surface area contributed by atoms with E-state index in [4.69, 9.17) is 10.5 Å². The van der Waals surface area contributed by atoms with E-state index in [0.717, 1.165) is 29.1 Å². The molecule has 1 saturated heterocycles. The van der Waals surface area contributed by atoms with Gasteiger partial charge in [-0.15, -0.1) is 11.3 Å². The van der Waals surface area contributed by atoms with E-state index in [2.05, 4.69) is 0 Å². The molecule has 2 rings (SSSR count). The summed E-state index contributed by atoms with van der Waals surface area (Å²) >= 11 is 1.55. The molecule has 1 fully saturated rings. The van der Waals surface area contributed by atoms with Crippen molar-refractivity contribution in [2.75, 3.05) is 20.2 Å². The summed E-state index contributed by atoms with van der Waals surface area (Å²) in [5.74, 6) is 0.109. The Balaban J connectivity index is 2.10. The third-order valence-corrected chi connectivity index (χ3v) is 4.47. The molecule has 1 amide bonds. The second kappa shape index (κ2) is 5.82. The van der Waals surface area contributed by atoms with Gasteiger partial charge in [-0.05, 0) is 31.9 Å². The standard InChI is InChI=1S/C13H20N2O2S/c1-9-3-4-12(18-9)13(16)15-6-5-11(17-2)7-10(15)8-14/h3-4,10-11H,5-8,14H2,1-2H3/t10-,11+/m0/s1. The molecule has 100 valence electrons. The second-order valence-electron chi connectivity index (χ2n) is 4.68. The van der Waals surface area contributed by atoms with Crippen molar-refractivity contribution < 1.29 is 9.53 Å². The summed E-state index contributed by atoms with van der Waals surface area (Å²) in [5, 5.41) is 0. The number of nitrogens with two attached hydrogens (primary N) is 1. The number of nitrogens with zero attached hydrogens (tertiary/aromatic N) is 1. The number of carbonyl (C=O) groups is 1. The largest absolute Gasteiger partial charge is 0.381 e. The lowest BCUT2D eigenvalue weighted by Crippen LogP contribution is -2.51. The predicted molar refractivity (Wildman–Crippen MR) is 73.0 cm³/mol. The van der Waals surface area contributed by atoms with E-state index in [0.29, 0.717) is 6.54 Å². The molecule has 2 atom stereocenters. The van der Waals surface area contributed by atoms with Crippen LogP contribution in [0.3, 0.4) is 0 Å². The molecule has 2 N–H and O–H groups in total. The van der Waals surface area contributed by atoms with Crippen LogP contribution in [-0.4, -0.2) is 43.2 Å². The number of likely N-dealkylation sites (tertiary alicyclic amines) is 1. The maximum atomic E-state index is 12.4. The molecule has 0 radical (unpaired) electrons. The zero-order valence-electron chi connectivity index (χ0n) is 10.9. The Hall–Kier alpha value is -0.910. The highest BCUT2D eigenvalue weighted by molar-refractivity contribution is 7.13. The van der Waals surface area contributed by atoms with Crippen LogP contribution < -0.4 is 5.73 Å². The van der Waals surface area contributed by atoms with E-state index in [1.165, 1.54) is 0 Å². The zero-order valence-corrected chi connectivity index (χ0v) is 11.7. The van der Waals surface area contributed by atoms with E-state index in [1.807, 2.05) is 24.0 Å². The Morgan fingerprint density at radius 3 is 2.94 bits per heavy atom. The quantitative estimate of drug-likeness (QED) is 0.906. The third kappa shape index (κ3) is 2.74. The van der Waals surface area contributed by atoms with Gasteiger partial charge in [0.2, 0.25) is 0 Å². The first-order valence-electron chi connectivity index (χ1n) is 6.26. The molecule has 4 nitrogen and oxygen atoms in total. The number of piperidine rings is 1. The van der Waals surface area contributed by atoms with Crippen LogP contribution in [0.25, 0.3) is 0 Å². The summed E-state index contributed by atoms with van der Waals surface area (Å²) < 4.78 is 5.37. The smallest absolute Gasteiger partial charge is 0.264 e. The number of thiophene rings is 1. The van der Waals surface area contributed by atoms with Crippen molar-refractivity contribution in [3.8, 4) is 0 Å². The number of rotatable bonds is 3. The number of hydrogen-bond acceptors (Lipinski definition) is 4. The molecule has 1 aromatic rings. The summed E-state index contributed by atoms with van der Waals surface area (Å²) in [4.78, 5) is 16.3. The van der Waals surface area contributed by atoms with Crippen molar-refractivity contribution in [1.29, 1.82) is 0 Å². The molecule has 0 saturated carbocycles. The molecule has 1 aliphatic rings. The van der Waals surface area contributed by atoms with E-state index in [1.54, 1.807) is 18.4 Å². The van der Waals surface area contributed by atoms with Gasteiger partial charge in [-0.1, -0.05) is 0 Å². The van der Waals surface area contributed by atoms with Gasteiger partial charge in [-0.3, -0.25) is 4.79 Å². The Labute approximate surface area is 112 Å². The summed E-state index contributed by atoms with van der Waals surface area (Å²) in [6.45, 7) is 3.24. The maximum absolute atomic E-state index is 12.4. The van der Waals surface area contributed by atoms with Crippen LogP contribution in [0, 0.1) is 6.92 Å². The molecule has 0 unspecified atom stereocenters. The monoisotopic (exact) mass is 268 g/mol. The number of hydrogen-bond donors (Lipinski definition) is 1. The minimum atomic E-state index is 0.0959. The summed E-state index contributed by atoms with van der Waals surface area (Å²) in [6.07, 6.45) is 1.96. The highest BCUT2D eigenvalue weighted by Crippen LogP contribution is 2.24. The van der Waals surface area contributed by atoms with Gasteiger partial charge in [0.1, 0.15) is 0 Å². The van der Waals surface area contributed by atoms with Crippen molar-refractivity contribution in [3.63, 3.8) is 0 Å². The number of methoxy groups -OCH3 is 1. The van der Waals surface area contributed by atoms with Gasteiger partial charge in [0.25, 0.3) is 5.91 Å². The van der Waals surface area contributed by atoms with Crippen molar-refractivity contribution in [1.82, 2.24) is 4.90 Å². The fraction of sp³-hybridized carbons (Fsp3) is 0.615. The van der Waals surface area contributed by atoms with Crippen LogP contribution in [0.1, 0.15) is 27.4 Å². The number of amides is 1. The summed E-state index contributed by atoms with van der Waals surface area (Å²) in [5.41, 5.74) is 5.79. The van der Waals surface area contributed by atoms with E-state index in [-0.39, 0.29) is 18.1 Å². The lowest BCUT2D eigenvalue weighted by Gasteiger charge is -2.38. The lowest BCUT2D eigenvalue weighted by atomic mass is 9.99. The minimum absolute atomic E-state index is 0.0959. The Kier molecular flexibility index (Phi) is 4.37. The van der Waals surface area contributed by atoms with Gasteiger partial charge in [0.15, 0.2) is 0 Å². The van der Waals surface area contributed by atoms with Crippen LogP contribution in [0.5, 0.6) is 0 Å². The number of aryl methyl sites for hydroxylation is 1. The Bertz CT molecular complexity index is 419. The molecular weight excluding hydrogens is 248 g/mol. The molecule has 0 aliphatic carbocycles. The van der Waals surface area contributed by atoms with Gasteiger partial charge < -0.3 is 15.4 Å². The fourth-order valence-electron chi connectivity index (χ4n) is 2.41. The van der Waals surface area contributed by atoms with Crippen molar-refractivity contribution in [2.45, 2.75) is 31.9 Å². The fourth-order valence-corrected chi connectivity index (χ4v) is 3.23. The van der Waals surface area contributed by atoms with Gasteiger partial charge in [0.05, 0.1) is 11.0 Å². The van der Waals surface area contributed by atoms with Crippen LogP contribution in [-0.2, 0) is 4.74 Å². The van der Waals surface area contributed by atoms with Gasteiger partial charge in [-0.2, -0.15) is 0 Å². The van der Waals surface area contributed by atoms with Crippen LogP contribution in [0.2, 0.25) is 0 Å². The molecular formula is C13H20N2O2S. The van der Waals surface area contributed by atoms with Crippen LogP contribution in [0.4, 0.5) is 0 Å². The average molecular weight is 268 g/mol. The highest BCUT2D eigenvalue weighted by atomic mass is 32.1. The molecule has 0 bridgehead atoms. The minimum Gasteiger partial charge on any atom is -0.381 e. The summed E-state index contributed by atoms with van der Waals surface area (Å²) in [6, 6.07) is 3.98. The topological polar surface area (TPSA) is 55.6 Å². The van der Waals surface area contributed by atoms with Crippen LogP contribution in [0.15, 0.2) is 12.1 Å². The molecule has 18 heavy (non-hydrogen) atoms. The van der Waals surface area contributed by atoms with Gasteiger partial charge in [-0.25, -0.2) is 0 Å². The van der Waals surface area contributed by atoms with E-state index >= 15 is 0 Å². The first kappa shape index (κ1) is 13.5. The van der Waals surface area contributed by atoms with Crippen LogP contribution >= 0.6 is 11.3 Å². The molecule has 5 heteroatoms. The third-order valence-electron chi connectivity index (χ3n) is 3.49. The molecule has 1 aromatic heterocycles. The normalized spacial score (nSPS) is 24.3. The SMILES string of the molecule is CO[C@@H]1CCN(C(=O)c2ccc(C)s2)[C@H](CN)C1. The second-order valence-corrected chi connectivity index (χ2v) is 5.97. The molecule has 2 heterocycles. The van der Waals surface area contributed by atoms with Crippen molar-refractivity contribution in [2.24, 2.45) is 5.73 Å². The molecule has 0 spiro atoms. The highest BCUT2D eigenvalue weighted by Gasteiger charge is 2.31. The van der Waals surface area contributed by atoms with Gasteiger partial charge >= 0.3 is 0 Å². The average Bonchev–Trinajstić information content (AvgIpc) is 2.83. The maximum Gasteiger partial charge on any atom is 0.264 e. The van der Waals surface area contributed by atoms with E-state index < -0.39 is 0 Å².